The molecule has 0 amide bonds. The van der Waals surface area contributed by atoms with E-state index in [2.05, 4.69) is 5.10 Å². The van der Waals surface area contributed by atoms with Gasteiger partial charge in [0.05, 0.1) is 0 Å². The van der Waals surface area contributed by atoms with Gasteiger partial charge in [0, 0.05) is 13.0 Å². The number of rotatable bonds is 3. The van der Waals surface area contributed by atoms with Crippen LogP contribution in [0.5, 0.6) is 0 Å². The van der Waals surface area contributed by atoms with Gasteiger partial charge in [-0.25, -0.2) is 0 Å². The van der Waals surface area contributed by atoms with E-state index in [9.17, 15) is 0 Å². The van der Waals surface area contributed by atoms with Crippen molar-refractivity contribution < 1.29 is 0 Å². The van der Waals surface area contributed by atoms with Gasteiger partial charge in [-0.1, -0.05) is 0 Å². The highest BCUT2D eigenvalue weighted by molar-refractivity contribution is 5.80. The van der Waals surface area contributed by atoms with Crippen LogP contribution in [0, 0.1) is 0 Å². The number of hydrogen-bond donors (Lipinski definition) is 2. The molecule has 4 N–H and O–H groups in total. The molecule has 0 fully saturated rings. The fraction of sp³-hybridized carbons (Fsp3) is 0.800. The summed E-state index contributed by atoms with van der Waals surface area (Å²) in [7, 11) is 3.95. The summed E-state index contributed by atoms with van der Waals surface area (Å²) in [6.07, 6.45) is 0.740. The van der Waals surface area contributed by atoms with Gasteiger partial charge in [0.15, 0.2) is 0 Å². The van der Waals surface area contributed by atoms with Crippen molar-refractivity contribution >= 4 is 5.84 Å². The van der Waals surface area contributed by atoms with Crippen molar-refractivity contribution in [3.63, 3.8) is 0 Å². The second kappa shape index (κ2) is 4.14. The van der Waals surface area contributed by atoms with Gasteiger partial charge in [0.25, 0.3) is 0 Å². The molecule has 0 atom stereocenters. The summed E-state index contributed by atoms with van der Waals surface area (Å²) >= 11 is 0. The lowest BCUT2D eigenvalue weighted by molar-refractivity contribution is 0.421. The summed E-state index contributed by atoms with van der Waals surface area (Å²) in [6, 6.07) is 0. The molecule has 4 nitrogen and oxygen atoms in total. The number of nitrogens with two attached hydrogens (primary N) is 2. The Kier molecular flexibility index (Phi) is 3.79. The van der Waals surface area contributed by atoms with Crippen molar-refractivity contribution in [2.75, 3.05) is 20.6 Å². The second-order valence-electron chi connectivity index (χ2n) is 2.17. The standard InChI is InChI=1S/C5H14N4/c1-9(2)4-3-5(6)8-7/h3-4,7H2,1-2H3,(H2,6,8). The lowest BCUT2D eigenvalue weighted by atomic mass is 10.4. The Balaban J connectivity index is 3.28. The molecule has 0 saturated heterocycles. The molecule has 0 aromatic heterocycles. The van der Waals surface area contributed by atoms with Crippen molar-refractivity contribution in [3.8, 4) is 0 Å². The van der Waals surface area contributed by atoms with Gasteiger partial charge in [-0.05, 0) is 14.1 Å². The minimum Gasteiger partial charge on any atom is -0.386 e. The van der Waals surface area contributed by atoms with Crippen molar-refractivity contribution in [2.24, 2.45) is 16.7 Å². The third-order valence-electron chi connectivity index (χ3n) is 0.981. The minimum atomic E-state index is 0.503. The fourth-order valence-corrected chi connectivity index (χ4v) is 0.403. The largest absolute Gasteiger partial charge is 0.386 e. The van der Waals surface area contributed by atoms with E-state index in [0.29, 0.717) is 5.84 Å². The highest BCUT2D eigenvalue weighted by Crippen LogP contribution is 1.80. The maximum atomic E-state index is 5.32. The first kappa shape index (κ1) is 8.23. The first-order valence-electron chi connectivity index (χ1n) is 2.83. The zero-order valence-electron chi connectivity index (χ0n) is 5.96. The van der Waals surface area contributed by atoms with Crippen LogP contribution in [-0.2, 0) is 0 Å². The molecule has 0 unspecified atom stereocenters. The second-order valence-corrected chi connectivity index (χ2v) is 2.17. The number of hydrazone groups is 1. The summed E-state index contributed by atoms with van der Waals surface area (Å²) in [6.45, 7) is 0.895. The first-order valence-corrected chi connectivity index (χ1v) is 2.83. The van der Waals surface area contributed by atoms with Crippen LogP contribution >= 0.6 is 0 Å². The van der Waals surface area contributed by atoms with E-state index < -0.39 is 0 Å². The molecule has 54 valence electrons. The van der Waals surface area contributed by atoms with E-state index in [1.54, 1.807) is 0 Å². The third-order valence-corrected chi connectivity index (χ3v) is 0.981. The van der Waals surface area contributed by atoms with Crippen LogP contribution in [0.3, 0.4) is 0 Å². The molecule has 0 aromatic rings. The van der Waals surface area contributed by atoms with Crippen molar-refractivity contribution in [2.45, 2.75) is 6.42 Å². The Labute approximate surface area is 55.5 Å². The molecular formula is C5H14N4. The van der Waals surface area contributed by atoms with E-state index in [1.165, 1.54) is 0 Å². The van der Waals surface area contributed by atoms with E-state index >= 15 is 0 Å². The molecule has 0 spiro atoms. The van der Waals surface area contributed by atoms with Crippen LogP contribution in [0.4, 0.5) is 0 Å². The maximum Gasteiger partial charge on any atom is 0.120 e. The zero-order valence-corrected chi connectivity index (χ0v) is 5.96. The lowest BCUT2D eigenvalue weighted by Crippen LogP contribution is -2.22. The Morgan fingerprint density at radius 2 is 2.11 bits per heavy atom. The highest BCUT2D eigenvalue weighted by atomic mass is 15.2. The zero-order chi connectivity index (χ0) is 7.28. The Hall–Kier alpha value is -0.770. The topological polar surface area (TPSA) is 67.6 Å². The normalized spacial score (nSPS) is 12.6. The smallest absolute Gasteiger partial charge is 0.120 e. The molecule has 0 rings (SSSR count). The molecule has 0 bridgehead atoms. The lowest BCUT2D eigenvalue weighted by Gasteiger charge is -2.07. The molecule has 9 heavy (non-hydrogen) atoms. The Bertz CT molecular complexity index is 97.1. The summed E-state index contributed by atoms with van der Waals surface area (Å²) in [5.41, 5.74) is 5.32. The van der Waals surface area contributed by atoms with E-state index in [-0.39, 0.29) is 0 Å². The summed E-state index contributed by atoms with van der Waals surface area (Å²) in [5.74, 6) is 5.41. The van der Waals surface area contributed by atoms with Crippen molar-refractivity contribution in [3.05, 3.63) is 0 Å². The molecule has 0 aromatic carbocycles. The van der Waals surface area contributed by atoms with Gasteiger partial charge >= 0.3 is 0 Å². The van der Waals surface area contributed by atoms with Crippen LogP contribution < -0.4 is 11.6 Å². The molecule has 0 aliphatic rings. The molecule has 0 aliphatic heterocycles. The van der Waals surface area contributed by atoms with Gasteiger partial charge in [-0.15, -0.1) is 0 Å². The van der Waals surface area contributed by atoms with Gasteiger partial charge in [0.1, 0.15) is 5.84 Å². The Morgan fingerprint density at radius 1 is 1.56 bits per heavy atom. The number of hydrogen-bond acceptors (Lipinski definition) is 3. The van der Waals surface area contributed by atoms with E-state index in [1.807, 2.05) is 19.0 Å². The SMILES string of the molecule is CN(C)CC/C(N)=N/N. The third kappa shape index (κ3) is 5.10. The van der Waals surface area contributed by atoms with Crippen LogP contribution in [0.25, 0.3) is 0 Å². The quantitative estimate of drug-likeness (QED) is 0.227. The molecule has 0 saturated carbocycles. The van der Waals surface area contributed by atoms with Crippen LogP contribution in [0.15, 0.2) is 5.10 Å². The van der Waals surface area contributed by atoms with Gasteiger partial charge in [-0.3, -0.25) is 0 Å². The molecule has 0 aliphatic carbocycles. The predicted molar refractivity (Wildman–Crippen MR) is 39.0 cm³/mol. The fourth-order valence-electron chi connectivity index (χ4n) is 0.403. The summed E-state index contributed by atoms with van der Waals surface area (Å²) in [4.78, 5) is 2.03. The van der Waals surface area contributed by atoms with E-state index in [0.717, 1.165) is 13.0 Å². The molecule has 4 heteroatoms. The van der Waals surface area contributed by atoms with Crippen molar-refractivity contribution in [1.82, 2.24) is 4.90 Å². The number of amidine groups is 1. The summed E-state index contributed by atoms with van der Waals surface area (Å²) < 4.78 is 0. The predicted octanol–water partition coefficient (Wildman–Crippen LogP) is -0.831. The summed E-state index contributed by atoms with van der Waals surface area (Å²) in [5, 5.41) is 3.33. The minimum absolute atomic E-state index is 0.503. The van der Waals surface area contributed by atoms with E-state index in [4.69, 9.17) is 11.6 Å². The van der Waals surface area contributed by atoms with Gasteiger partial charge in [-0.2, -0.15) is 5.10 Å². The number of nitrogens with zero attached hydrogens (tertiary/aromatic N) is 2. The van der Waals surface area contributed by atoms with Crippen LogP contribution in [0.1, 0.15) is 6.42 Å². The Morgan fingerprint density at radius 3 is 2.44 bits per heavy atom. The molecule has 0 radical (unpaired) electrons. The van der Waals surface area contributed by atoms with Crippen molar-refractivity contribution in [1.29, 1.82) is 0 Å². The average molecular weight is 130 g/mol. The first-order chi connectivity index (χ1) is 4.16. The maximum absolute atomic E-state index is 5.32. The van der Waals surface area contributed by atoms with Crippen LogP contribution in [0.2, 0.25) is 0 Å². The highest BCUT2D eigenvalue weighted by Gasteiger charge is 1.92. The monoisotopic (exact) mass is 130 g/mol. The average Bonchev–Trinajstić information content (AvgIpc) is 1.83. The van der Waals surface area contributed by atoms with Gasteiger partial charge < -0.3 is 16.5 Å². The van der Waals surface area contributed by atoms with Crippen LogP contribution in [-0.4, -0.2) is 31.4 Å². The van der Waals surface area contributed by atoms with Gasteiger partial charge in [0.2, 0.25) is 0 Å². The molecular weight excluding hydrogens is 116 g/mol. The molecule has 0 heterocycles.